The van der Waals surface area contributed by atoms with Crippen molar-refractivity contribution in [3.63, 3.8) is 0 Å². The number of ether oxygens (including phenoxy) is 3. The van der Waals surface area contributed by atoms with Crippen LogP contribution in [0.1, 0.15) is 10.4 Å². The van der Waals surface area contributed by atoms with Gasteiger partial charge in [-0.25, -0.2) is 0 Å². The summed E-state index contributed by atoms with van der Waals surface area (Å²) in [7, 11) is 4.58. The van der Waals surface area contributed by atoms with Gasteiger partial charge in [-0.3, -0.25) is 9.59 Å². The summed E-state index contributed by atoms with van der Waals surface area (Å²) in [5.74, 6) is 0.796. The van der Waals surface area contributed by atoms with Gasteiger partial charge in [0, 0.05) is 39.4 Å². The standard InChI is InChI=1S/C17H25N3O5.ClH/c1-23-11-14(18)17(22)20-8-6-19(7-9-20)16(21)13-5-4-12(24-2)10-15(13)25-3;/h4-5,10,14H,6-9,11,18H2,1-3H3;1H. The Morgan fingerprint density at radius 1 is 1.08 bits per heavy atom. The molecule has 2 N–H and O–H groups in total. The van der Waals surface area contributed by atoms with E-state index in [-0.39, 0.29) is 30.8 Å². The van der Waals surface area contributed by atoms with Gasteiger partial charge in [-0.2, -0.15) is 0 Å². The van der Waals surface area contributed by atoms with Crippen molar-refractivity contribution in [2.24, 2.45) is 5.73 Å². The highest BCUT2D eigenvalue weighted by Gasteiger charge is 2.28. The number of halogens is 1. The van der Waals surface area contributed by atoms with Crippen LogP contribution in [0.15, 0.2) is 18.2 Å². The Bertz CT molecular complexity index is 620. The fourth-order valence-electron chi connectivity index (χ4n) is 2.76. The predicted molar refractivity (Wildman–Crippen MR) is 99.1 cm³/mol. The molecular weight excluding hydrogens is 362 g/mol. The van der Waals surface area contributed by atoms with Gasteiger partial charge in [-0.15, -0.1) is 12.4 Å². The molecule has 2 rings (SSSR count). The third-order valence-corrected chi connectivity index (χ3v) is 4.18. The molecule has 0 radical (unpaired) electrons. The van der Waals surface area contributed by atoms with E-state index in [1.165, 1.54) is 14.2 Å². The molecule has 2 amide bonds. The first kappa shape index (κ1) is 22.0. The van der Waals surface area contributed by atoms with Crippen molar-refractivity contribution in [1.29, 1.82) is 0 Å². The lowest BCUT2D eigenvalue weighted by Crippen LogP contribution is -2.55. The highest BCUT2D eigenvalue weighted by atomic mass is 35.5. The van der Waals surface area contributed by atoms with Crippen molar-refractivity contribution >= 4 is 24.2 Å². The van der Waals surface area contributed by atoms with Gasteiger partial charge in [0.25, 0.3) is 5.91 Å². The molecule has 1 aliphatic rings. The van der Waals surface area contributed by atoms with Crippen molar-refractivity contribution in [2.45, 2.75) is 6.04 Å². The molecule has 1 atom stereocenters. The monoisotopic (exact) mass is 387 g/mol. The van der Waals surface area contributed by atoms with Crippen molar-refractivity contribution in [1.82, 2.24) is 9.80 Å². The second-order valence-corrected chi connectivity index (χ2v) is 5.75. The Morgan fingerprint density at radius 3 is 2.23 bits per heavy atom. The van der Waals surface area contributed by atoms with E-state index in [4.69, 9.17) is 19.9 Å². The maximum atomic E-state index is 12.7. The summed E-state index contributed by atoms with van der Waals surface area (Å²) in [6.45, 7) is 1.96. The molecule has 146 valence electrons. The lowest BCUT2D eigenvalue weighted by Gasteiger charge is -2.36. The lowest BCUT2D eigenvalue weighted by atomic mass is 10.1. The Hall–Kier alpha value is -2.03. The van der Waals surface area contributed by atoms with Crippen LogP contribution in [0.3, 0.4) is 0 Å². The number of piperazine rings is 1. The Labute approximate surface area is 159 Å². The maximum Gasteiger partial charge on any atom is 0.257 e. The van der Waals surface area contributed by atoms with E-state index < -0.39 is 6.04 Å². The van der Waals surface area contributed by atoms with Gasteiger partial charge in [0.1, 0.15) is 17.5 Å². The molecule has 0 saturated carbocycles. The zero-order valence-electron chi connectivity index (χ0n) is 15.3. The summed E-state index contributed by atoms with van der Waals surface area (Å²) in [6.07, 6.45) is 0. The highest BCUT2D eigenvalue weighted by Crippen LogP contribution is 2.26. The lowest BCUT2D eigenvalue weighted by molar-refractivity contribution is -0.135. The number of carbonyl (C=O) groups excluding carboxylic acids is 2. The molecule has 1 saturated heterocycles. The first-order valence-electron chi connectivity index (χ1n) is 8.06. The Kier molecular flexibility index (Phi) is 8.64. The van der Waals surface area contributed by atoms with Gasteiger partial charge >= 0.3 is 0 Å². The summed E-state index contributed by atoms with van der Waals surface area (Å²) < 4.78 is 15.4. The molecule has 1 aliphatic heterocycles. The van der Waals surface area contributed by atoms with Crippen molar-refractivity contribution in [2.75, 3.05) is 54.1 Å². The van der Waals surface area contributed by atoms with Crippen LogP contribution in [0.5, 0.6) is 11.5 Å². The normalized spacial score (nSPS) is 15.1. The van der Waals surface area contributed by atoms with Crippen molar-refractivity contribution < 1.29 is 23.8 Å². The fraction of sp³-hybridized carbons (Fsp3) is 0.529. The second kappa shape index (κ2) is 10.2. The summed E-state index contributed by atoms with van der Waals surface area (Å²) in [6, 6.07) is 4.41. The van der Waals surface area contributed by atoms with E-state index >= 15 is 0 Å². The van der Waals surface area contributed by atoms with Crippen LogP contribution in [0.25, 0.3) is 0 Å². The van der Waals surface area contributed by atoms with Gasteiger partial charge in [0.05, 0.1) is 26.4 Å². The summed E-state index contributed by atoms with van der Waals surface area (Å²) >= 11 is 0. The number of carbonyl (C=O) groups is 2. The topological polar surface area (TPSA) is 94.3 Å². The van der Waals surface area contributed by atoms with Crippen molar-refractivity contribution in [3.8, 4) is 11.5 Å². The molecule has 0 bridgehead atoms. The summed E-state index contributed by atoms with van der Waals surface area (Å²) in [5.41, 5.74) is 6.26. The minimum atomic E-state index is -0.672. The maximum absolute atomic E-state index is 12.7. The van der Waals surface area contributed by atoms with Crippen LogP contribution in [0.2, 0.25) is 0 Å². The number of nitrogens with zero attached hydrogens (tertiary/aromatic N) is 2. The zero-order chi connectivity index (χ0) is 18.4. The number of hydrogen-bond donors (Lipinski definition) is 1. The zero-order valence-corrected chi connectivity index (χ0v) is 16.1. The highest BCUT2D eigenvalue weighted by molar-refractivity contribution is 5.97. The molecule has 0 aromatic heterocycles. The molecule has 0 aliphatic carbocycles. The molecule has 0 spiro atoms. The molecule has 1 unspecified atom stereocenters. The van der Waals surface area contributed by atoms with E-state index in [1.807, 2.05) is 0 Å². The van der Waals surface area contributed by atoms with Gasteiger partial charge in [0.2, 0.25) is 5.91 Å². The third kappa shape index (κ3) is 5.00. The number of amides is 2. The average molecular weight is 388 g/mol. The Morgan fingerprint density at radius 2 is 1.69 bits per heavy atom. The second-order valence-electron chi connectivity index (χ2n) is 5.75. The minimum Gasteiger partial charge on any atom is -0.497 e. The SMILES string of the molecule is COCC(N)C(=O)N1CCN(C(=O)c2ccc(OC)cc2OC)CC1.Cl. The first-order chi connectivity index (χ1) is 12.0. The van der Waals surface area contributed by atoms with Gasteiger partial charge in [-0.05, 0) is 12.1 Å². The van der Waals surface area contributed by atoms with Crippen LogP contribution in [0, 0.1) is 0 Å². The quantitative estimate of drug-likeness (QED) is 0.758. The van der Waals surface area contributed by atoms with Gasteiger partial charge in [-0.1, -0.05) is 0 Å². The van der Waals surface area contributed by atoms with Crippen LogP contribution < -0.4 is 15.2 Å². The van der Waals surface area contributed by atoms with Crippen LogP contribution in [0.4, 0.5) is 0 Å². The van der Waals surface area contributed by atoms with E-state index in [1.54, 1.807) is 35.1 Å². The van der Waals surface area contributed by atoms with E-state index in [2.05, 4.69) is 0 Å². The van der Waals surface area contributed by atoms with Crippen LogP contribution in [-0.2, 0) is 9.53 Å². The Balaban J connectivity index is 0.00000338. The number of nitrogens with two attached hydrogens (primary N) is 1. The average Bonchev–Trinajstić information content (AvgIpc) is 2.66. The molecule has 1 fully saturated rings. The van der Waals surface area contributed by atoms with Gasteiger partial charge < -0.3 is 29.7 Å². The van der Waals surface area contributed by atoms with Gasteiger partial charge in [0.15, 0.2) is 0 Å². The third-order valence-electron chi connectivity index (χ3n) is 4.18. The molecule has 1 heterocycles. The molecular formula is C17H26ClN3O5. The fourth-order valence-corrected chi connectivity index (χ4v) is 2.76. The predicted octanol–water partition coefficient (Wildman–Crippen LogP) is 0.384. The van der Waals surface area contributed by atoms with Crippen LogP contribution >= 0.6 is 12.4 Å². The smallest absolute Gasteiger partial charge is 0.257 e. The number of benzene rings is 1. The molecule has 1 aromatic rings. The van der Waals surface area contributed by atoms with Crippen LogP contribution in [-0.4, -0.2) is 81.8 Å². The van der Waals surface area contributed by atoms with E-state index in [0.717, 1.165) is 0 Å². The number of hydrogen-bond acceptors (Lipinski definition) is 6. The largest absolute Gasteiger partial charge is 0.497 e. The first-order valence-corrected chi connectivity index (χ1v) is 8.06. The number of methoxy groups -OCH3 is 3. The van der Waals surface area contributed by atoms with E-state index in [0.29, 0.717) is 43.2 Å². The summed E-state index contributed by atoms with van der Waals surface area (Å²) in [4.78, 5) is 28.3. The molecule has 1 aromatic carbocycles. The molecule has 26 heavy (non-hydrogen) atoms. The number of rotatable bonds is 6. The summed E-state index contributed by atoms with van der Waals surface area (Å²) in [5, 5.41) is 0. The van der Waals surface area contributed by atoms with Crippen molar-refractivity contribution in [3.05, 3.63) is 23.8 Å². The van der Waals surface area contributed by atoms with E-state index in [9.17, 15) is 9.59 Å². The molecule has 8 nitrogen and oxygen atoms in total. The molecule has 9 heteroatoms. The minimum absolute atomic E-state index is 0.